The topological polar surface area (TPSA) is 6.25 Å². The minimum Gasteiger partial charge on any atom is -0.366 e. The van der Waals surface area contributed by atoms with E-state index in [9.17, 15) is 0 Å². The molecule has 1 saturated heterocycles. The van der Waals surface area contributed by atoms with Crippen molar-refractivity contribution >= 4 is 28.6 Å². The van der Waals surface area contributed by atoms with E-state index in [4.69, 9.17) is 0 Å². The van der Waals surface area contributed by atoms with Crippen LogP contribution in [0.15, 0.2) is 22.8 Å². The fraction of sp³-hybridized carbons (Fsp3) is 0.643. The number of allylic oxidation sites excluding steroid dienone is 2. The van der Waals surface area contributed by atoms with Crippen LogP contribution in [0, 0.1) is 0 Å². The zero-order valence-corrected chi connectivity index (χ0v) is 13.2. The first-order valence-corrected chi connectivity index (χ1v) is 8.74. The predicted molar refractivity (Wildman–Crippen MR) is 84.7 cm³/mol. The molecular weight excluding hydrogens is 260 g/mol. The lowest BCUT2D eigenvalue weighted by Crippen LogP contribution is -2.17. The fourth-order valence-electron chi connectivity index (χ4n) is 2.25. The highest BCUT2D eigenvalue weighted by Gasteiger charge is 2.20. The average molecular weight is 283 g/mol. The van der Waals surface area contributed by atoms with E-state index >= 15 is 0 Å². The first kappa shape index (κ1) is 14.1. The molecule has 0 unspecified atom stereocenters. The van der Waals surface area contributed by atoms with Gasteiger partial charge in [-0.05, 0) is 32.4 Å². The summed E-state index contributed by atoms with van der Waals surface area (Å²) in [7, 11) is 0. The Morgan fingerprint density at radius 2 is 2.17 bits per heavy atom. The van der Waals surface area contributed by atoms with Gasteiger partial charge in [0.1, 0.15) is 6.54 Å². The molecule has 0 N–H and O–H groups in total. The number of rotatable bonds is 4. The smallest absolute Gasteiger partial charge is 0.235 e. The maximum atomic E-state index is 2.46. The highest BCUT2D eigenvalue weighted by atomic mass is 32.2. The lowest BCUT2D eigenvalue weighted by molar-refractivity contribution is -0.513. The van der Waals surface area contributed by atoms with Crippen molar-refractivity contribution in [1.29, 1.82) is 0 Å². The summed E-state index contributed by atoms with van der Waals surface area (Å²) in [4.78, 5) is 2.46. The molecule has 2 heterocycles. The second-order valence-corrected chi connectivity index (χ2v) is 6.80. The van der Waals surface area contributed by atoms with Gasteiger partial charge in [0.2, 0.25) is 5.04 Å². The van der Waals surface area contributed by atoms with Gasteiger partial charge in [0.15, 0.2) is 6.54 Å². The van der Waals surface area contributed by atoms with Crippen molar-refractivity contribution in [2.45, 2.75) is 20.8 Å². The van der Waals surface area contributed by atoms with Crippen molar-refractivity contribution in [1.82, 2.24) is 4.90 Å². The Morgan fingerprint density at radius 3 is 2.89 bits per heavy atom. The van der Waals surface area contributed by atoms with E-state index < -0.39 is 0 Å². The number of thioether (sulfide) groups is 2. The summed E-state index contributed by atoms with van der Waals surface area (Å²) >= 11 is 3.97. The van der Waals surface area contributed by atoms with Gasteiger partial charge in [-0.3, -0.25) is 0 Å². The van der Waals surface area contributed by atoms with E-state index in [1.165, 1.54) is 40.2 Å². The summed E-state index contributed by atoms with van der Waals surface area (Å²) < 4.78 is 2.46. The highest BCUT2D eigenvalue weighted by molar-refractivity contribution is 8.14. The van der Waals surface area contributed by atoms with Crippen LogP contribution in [0.3, 0.4) is 0 Å². The monoisotopic (exact) mass is 283 g/mol. The van der Waals surface area contributed by atoms with E-state index in [0.717, 1.165) is 13.1 Å². The van der Waals surface area contributed by atoms with Crippen LogP contribution in [0.25, 0.3) is 0 Å². The van der Waals surface area contributed by atoms with Gasteiger partial charge in [0, 0.05) is 24.9 Å². The van der Waals surface area contributed by atoms with Crippen LogP contribution in [0.5, 0.6) is 0 Å². The SMILES string of the molecule is CCN1CCSC1=CC(C)=CC1=[N+](CC)CCS1. The zero-order chi connectivity index (χ0) is 13.0. The maximum absolute atomic E-state index is 2.46. The Bertz CT molecular complexity index is 397. The Morgan fingerprint density at radius 1 is 1.33 bits per heavy atom. The lowest BCUT2D eigenvalue weighted by Gasteiger charge is -2.15. The minimum atomic E-state index is 1.12. The molecule has 0 aromatic carbocycles. The normalized spacial score (nSPS) is 23.6. The molecule has 0 atom stereocenters. The molecule has 0 radical (unpaired) electrons. The van der Waals surface area contributed by atoms with E-state index in [-0.39, 0.29) is 0 Å². The molecule has 0 amide bonds. The van der Waals surface area contributed by atoms with Gasteiger partial charge >= 0.3 is 0 Å². The van der Waals surface area contributed by atoms with Crippen LogP contribution >= 0.6 is 23.5 Å². The van der Waals surface area contributed by atoms with Crippen molar-refractivity contribution in [2.24, 2.45) is 0 Å². The Kier molecular flexibility index (Phi) is 5.25. The number of nitrogens with zero attached hydrogens (tertiary/aromatic N) is 2. The van der Waals surface area contributed by atoms with Gasteiger partial charge in [0.05, 0.1) is 10.8 Å². The molecule has 2 rings (SSSR count). The summed E-state index contributed by atoms with van der Waals surface area (Å²) in [5.41, 5.74) is 1.38. The molecule has 0 aromatic rings. The summed E-state index contributed by atoms with van der Waals surface area (Å²) in [6, 6.07) is 0. The van der Waals surface area contributed by atoms with E-state index in [1.807, 2.05) is 23.5 Å². The molecule has 100 valence electrons. The highest BCUT2D eigenvalue weighted by Crippen LogP contribution is 2.28. The summed E-state index contributed by atoms with van der Waals surface area (Å²) in [5, 5.41) is 2.88. The molecule has 0 saturated carbocycles. The van der Waals surface area contributed by atoms with Gasteiger partial charge in [-0.1, -0.05) is 11.8 Å². The quantitative estimate of drug-likeness (QED) is 0.732. The van der Waals surface area contributed by atoms with Crippen LogP contribution in [-0.2, 0) is 0 Å². The van der Waals surface area contributed by atoms with Gasteiger partial charge in [-0.15, -0.1) is 11.8 Å². The molecule has 0 aromatic heterocycles. The van der Waals surface area contributed by atoms with Crippen molar-refractivity contribution in [2.75, 3.05) is 37.7 Å². The summed E-state index contributed by atoms with van der Waals surface area (Å²) in [6.45, 7) is 11.3. The molecular formula is C14H23N2S2+. The molecule has 0 aliphatic carbocycles. The third kappa shape index (κ3) is 3.35. The van der Waals surface area contributed by atoms with Gasteiger partial charge < -0.3 is 4.90 Å². The Balaban J connectivity index is 2.11. The molecule has 18 heavy (non-hydrogen) atoms. The summed E-state index contributed by atoms with van der Waals surface area (Å²) in [6.07, 6.45) is 4.70. The molecule has 0 bridgehead atoms. The Labute approximate surface area is 119 Å². The fourth-order valence-corrected chi connectivity index (χ4v) is 4.63. The maximum Gasteiger partial charge on any atom is 0.235 e. The van der Waals surface area contributed by atoms with Crippen LogP contribution in [0.1, 0.15) is 20.8 Å². The van der Waals surface area contributed by atoms with Gasteiger partial charge in [0.25, 0.3) is 0 Å². The second kappa shape index (κ2) is 6.71. The second-order valence-electron chi connectivity index (χ2n) is 4.57. The third-order valence-corrected chi connectivity index (χ3v) is 5.43. The van der Waals surface area contributed by atoms with Crippen molar-refractivity contribution in [3.05, 3.63) is 22.8 Å². The first-order valence-electron chi connectivity index (χ1n) is 6.77. The van der Waals surface area contributed by atoms with E-state index in [1.54, 1.807) is 0 Å². The molecule has 2 aliphatic rings. The van der Waals surface area contributed by atoms with Crippen molar-refractivity contribution in [3.63, 3.8) is 0 Å². The summed E-state index contributed by atoms with van der Waals surface area (Å²) in [5.74, 6) is 2.47. The predicted octanol–water partition coefficient (Wildman–Crippen LogP) is 3.02. The van der Waals surface area contributed by atoms with Crippen LogP contribution < -0.4 is 0 Å². The standard InChI is InChI=1S/C14H23N2S2/c1-4-15-6-8-17-13(15)10-12(3)11-14-16(5-2)7-9-18-14/h10-11H,4-9H2,1-3H3/q+1. The van der Waals surface area contributed by atoms with Crippen molar-refractivity contribution in [3.8, 4) is 0 Å². The average Bonchev–Trinajstić information content (AvgIpc) is 2.97. The molecule has 1 fully saturated rings. The Hall–Kier alpha value is -0.350. The minimum absolute atomic E-state index is 1.12. The molecule has 2 nitrogen and oxygen atoms in total. The van der Waals surface area contributed by atoms with E-state index in [2.05, 4.69) is 42.4 Å². The van der Waals surface area contributed by atoms with Crippen LogP contribution in [0.2, 0.25) is 0 Å². The first-order chi connectivity index (χ1) is 8.74. The molecule has 0 spiro atoms. The van der Waals surface area contributed by atoms with Gasteiger partial charge in [-0.25, -0.2) is 4.58 Å². The number of hydrogen-bond acceptors (Lipinski definition) is 3. The van der Waals surface area contributed by atoms with Crippen LogP contribution in [-0.4, -0.2) is 52.2 Å². The molecule has 2 aliphatic heterocycles. The van der Waals surface area contributed by atoms with E-state index in [0.29, 0.717) is 0 Å². The lowest BCUT2D eigenvalue weighted by atomic mass is 10.3. The zero-order valence-electron chi connectivity index (χ0n) is 11.6. The van der Waals surface area contributed by atoms with Crippen molar-refractivity contribution < 1.29 is 4.58 Å². The third-order valence-electron chi connectivity index (χ3n) is 3.31. The number of hydrogen-bond donors (Lipinski definition) is 0. The van der Waals surface area contributed by atoms with Crippen LogP contribution in [0.4, 0.5) is 0 Å². The van der Waals surface area contributed by atoms with Gasteiger partial charge in [-0.2, -0.15) is 0 Å². The molecule has 4 heteroatoms. The largest absolute Gasteiger partial charge is 0.366 e.